The van der Waals surface area contributed by atoms with E-state index in [-0.39, 0.29) is 47.8 Å². The lowest BCUT2D eigenvalue weighted by Crippen LogP contribution is -2.58. The maximum Gasteiger partial charge on any atom is 0.283 e. The molecule has 0 aliphatic carbocycles. The molecular weight excluding hydrogens is 610 g/mol. The summed E-state index contributed by atoms with van der Waals surface area (Å²) in [5.41, 5.74) is 0.930. The van der Waals surface area contributed by atoms with Crippen molar-refractivity contribution in [3.8, 4) is 5.75 Å². The molecule has 0 saturated carbocycles. The molecule has 0 radical (unpaired) electrons. The highest BCUT2D eigenvalue weighted by molar-refractivity contribution is 7.91. The van der Waals surface area contributed by atoms with Crippen molar-refractivity contribution in [3.63, 3.8) is 0 Å². The first kappa shape index (κ1) is 28.8. The third-order valence-electron chi connectivity index (χ3n) is 7.75. The first-order valence-electron chi connectivity index (χ1n) is 13.4. The Labute approximate surface area is 250 Å². The predicted octanol–water partition coefficient (Wildman–Crippen LogP) is 2.47. The largest absolute Gasteiger partial charge is 0.505 e. The summed E-state index contributed by atoms with van der Waals surface area (Å²) in [7, 11) is -2.10. The molecule has 1 N–H and O–H groups in total. The van der Waals surface area contributed by atoms with Crippen LogP contribution in [0.25, 0.3) is 10.1 Å². The highest BCUT2D eigenvalue weighted by Crippen LogP contribution is 2.42. The number of hydrogen-bond acceptors (Lipinski definition) is 10. The molecule has 3 aliphatic rings. The molecule has 2 saturated heterocycles. The fourth-order valence-corrected chi connectivity index (χ4v) is 10.0. The van der Waals surface area contributed by atoms with Crippen LogP contribution < -0.4 is 0 Å². The summed E-state index contributed by atoms with van der Waals surface area (Å²) >= 11 is 8.41. The van der Waals surface area contributed by atoms with Gasteiger partial charge in [-0.2, -0.15) is 4.31 Å². The van der Waals surface area contributed by atoms with Crippen LogP contribution in [-0.4, -0.2) is 115 Å². The predicted molar refractivity (Wildman–Crippen MR) is 156 cm³/mol. The summed E-state index contributed by atoms with van der Waals surface area (Å²) in [6.07, 6.45) is 0.740. The Morgan fingerprint density at radius 2 is 1.93 bits per heavy atom. The van der Waals surface area contributed by atoms with E-state index < -0.39 is 16.1 Å². The highest BCUT2D eigenvalue weighted by atomic mass is 35.5. The summed E-state index contributed by atoms with van der Waals surface area (Å²) < 4.78 is 34.7. The number of aromatic nitrogens is 1. The Hall–Kier alpha value is -2.33. The van der Waals surface area contributed by atoms with E-state index in [2.05, 4.69) is 9.88 Å². The quantitative estimate of drug-likeness (QED) is 0.452. The number of aromatic hydroxyl groups is 1. The first-order chi connectivity index (χ1) is 19.6. The van der Waals surface area contributed by atoms with Gasteiger partial charge in [-0.3, -0.25) is 9.59 Å². The smallest absolute Gasteiger partial charge is 0.283 e. The zero-order valence-corrected chi connectivity index (χ0v) is 25.6. The molecule has 6 rings (SSSR count). The maximum atomic E-state index is 13.8. The minimum Gasteiger partial charge on any atom is -0.505 e. The van der Waals surface area contributed by atoms with Gasteiger partial charge in [0.1, 0.15) is 0 Å². The number of sulfonamides is 1. The van der Waals surface area contributed by atoms with E-state index in [0.717, 1.165) is 41.4 Å². The monoisotopic (exact) mass is 639 g/mol. The second kappa shape index (κ2) is 11.4. The van der Waals surface area contributed by atoms with Crippen LogP contribution in [0.15, 0.2) is 22.4 Å². The van der Waals surface area contributed by atoms with Crippen molar-refractivity contribution in [2.75, 3.05) is 59.5 Å². The lowest BCUT2D eigenvalue weighted by molar-refractivity contribution is -0.136. The SMILES string of the molecule is CN1CCc2nc(C(=O)N3CCN(S(=O)(=O)c4sc5cc(Cl)ccc5c4O)CC3CC(=O)N3CCOCC3)sc2C1. The molecule has 0 spiro atoms. The lowest BCUT2D eigenvalue weighted by Gasteiger charge is -2.41. The molecule has 2 amide bonds. The number of halogens is 1. The van der Waals surface area contributed by atoms with Crippen LogP contribution in [0.3, 0.4) is 0 Å². The lowest BCUT2D eigenvalue weighted by atomic mass is 10.1. The molecule has 1 atom stereocenters. The molecule has 2 fully saturated rings. The van der Waals surface area contributed by atoms with Crippen molar-refractivity contribution in [3.05, 3.63) is 38.8 Å². The van der Waals surface area contributed by atoms with E-state index >= 15 is 0 Å². The molecule has 0 bridgehead atoms. The maximum absolute atomic E-state index is 13.8. The number of carbonyl (C=O) groups is 2. The van der Waals surface area contributed by atoms with Crippen LogP contribution in [0, 0.1) is 0 Å². The van der Waals surface area contributed by atoms with Crippen LogP contribution in [0.2, 0.25) is 5.02 Å². The van der Waals surface area contributed by atoms with Gasteiger partial charge in [-0.15, -0.1) is 22.7 Å². The van der Waals surface area contributed by atoms with E-state index in [1.54, 1.807) is 28.0 Å². The minimum atomic E-state index is -4.13. The summed E-state index contributed by atoms with van der Waals surface area (Å²) in [4.78, 5) is 38.3. The molecule has 3 aromatic rings. The summed E-state index contributed by atoms with van der Waals surface area (Å²) in [6, 6.07) is 4.11. The van der Waals surface area contributed by atoms with Crippen LogP contribution in [-0.2, 0) is 32.5 Å². The van der Waals surface area contributed by atoms with Crippen molar-refractivity contribution < 1.29 is 27.9 Å². The number of fused-ring (bicyclic) bond motifs is 2. The number of amides is 2. The van der Waals surface area contributed by atoms with E-state index in [1.807, 2.05) is 7.05 Å². The average Bonchev–Trinajstić information content (AvgIpc) is 3.53. The van der Waals surface area contributed by atoms with E-state index in [1.165, 1.54) is 15.6 Å². The van der Waals surface area contributed by atoms with Crippen LogP contribution >= 0.6 is 34.3 Å². The first-order valence-corrected chi connectivity index (χ1v) is 16.8. The Kier molecular flexibility index (Phi) is 8.00. The summed E-state index contributed by atoms with van der Waals surface area (Å²) in [5.74, 6) is -0.766. The molecule has 11 nitrogen and oxygen atoms in total. The number of morpholine rings is 1. The minimum absolute atomic E-state index is 0.0264. The number of ether oxygens (including phenoxy) is 1. The standard InChI is InChI=1S/C26H30ClN5O6S3/c1-29-5-4-19-21(15-29)39-24(28-19)25(35)32-7-6-31(14-17(32)13-22(33)30-8-10-38-11-9-30)41(36,37)26-23(34)18-3-2-16(27)12-20(18)40-26/h2-3,12,17,34H,4-11,13-15H2,1H3. The van der Waals surface area contributed by atoms with Crippen molar-refractivity contribution in [1.82, 2.24) is 24.0 Å². The number of rotatable bonds is 5. The van der Waals surface area contributed by atoms with Crippen molar-refractivity contribution in [1.29, 1.82) is 0 Å². The number of thiazole rings is 1. The molecule has 2 aromatic heterocycles. The highest BCUT2D eigenvalue weighted by Gasteiger charge is 2.41. The van der Waals surface area contributed by atoms with Gasteiger partial charge < -0.3 is 24.5 Å². The molecule has 41 heavy (non-hydrogen) atoms. The molecule has 5 heterocycles. The number of carbonyl (C=O) groups excluding carboxylic acids is 2. The molecule has 220 valence electrons. The molecule has 1 unspecified atom stereocenters. The number of likely N-dealkylation sites (N-methyl/N-ethyl adjacent to an activating group) is 1. The van der Waals surface area contributed by atoms with E-state index in [4.69, 9.17) is 16.3 Å². The third kappa shape index (κ3) is 5.58. The van der Waals surface area contributed by atoms with Crippen LogP contribution in [0.5, 0.6) is 5.75 Å². The number of piperazine rings is 1. The normalized spacial score (nSPS) is 20.9. The van der Waals surface area contributed by atoms with Crippen molar-refractivity contribution >= 4 is 66.2 Å². The number of thiophene rings is 1. The van der Waals surface area contributed by atoms with Gasteiger partial charge in [0.2, 0.25) is 5.91 Å². The molecule has 15 heteroatoms. The zero-order chi connectivity index (χ0) is 28.9. The Bertz CT molecular complexity index is 1600. The van der Waals surface area contributed by atoms with Gasteiger partial charge in [-0.1, -0.05) is 11.6 Å². The Morgan fingerprint density at radius 1 is 1.15 bits per heavy atom. The number of hydrogen-bond donors (Lipinski definition) is 1. The van der Waals surface area contributed by atoms with Gasteiger partial charge in [-0.25, -0.2) is 13.4 Å². The van der Waals surface area contributed by atoms with Crippen LogP contribution in [0.1, 0.15) is 26.8 Å². The van der Waals surface area contributed by atoms with Crippen molar-refractivity contribution in [2.45, 2.75) is 29.6 Å². The van der Waals surface area contributed by atoms with E-state index in [0.29, 0.717) is 46.4 Å². The Morgan fingerprint density at radius 3 is 2.71 bits per heavy atom. The zero-order valence-electron chi connectivity index (χ0n) is 22.4. The fourth-order valence-electron chi connectivity index (χ4n) is 5.49. The van der Waals surface area contributed by atoms with Gasteiger partial charge in [-0.05, 0) is 25.2 Å². The van der Waals surface area contributed by atoms with Gasteiger partial charge in [0, 0.05) is 78.6 Å². The summed E-state index contributed by atoms with van der Waals surface area (Å²) in [6.45, 7) is 3.43. The Balaban J connectivity index is 1.28. The fraction of sp³-hybridized carbons (Fsp3) is 0.500. The van der Waals surface area contributed by atoms with Gasteiger partial charge in [0.25, 0.3) is 15.9 Å². The van der Waals surface area contributed by atoms with Crippen LogP contribution in [0.4, 0.5) is 0 Å². The van der Waals surface area contributed by atoms with Gasteiger partial charge in [0.05, 0.1) is 24.9 Å². The number of benzene rings is 1. The molecule has 3 aliphatic heterocycles. The number of nitrogens with zero attached hydrogens (tertiary/aromatic N) is 5. The van der Waals surface area contributed by atoms with E-state index in [9.17, 15) is 23.1 Å². The summed E-state index contributed by atoms with van der Waals surface area (Å²) in [5, 5.41) is 12.0. The van der Waals surface area contributed by atoms with Gasteiger partial charge >= 0.3 is 0 Å². The second-order valence-electron chi connectivity index (χ2n) is 10.5. The third-order valence-corrected chi connectivity index (χ3v) is 12.6. The molecule has 1 aromatic carbocycles. The van der Waals surface area contributed by atoms with Crippen molar-refractivity contribution in [2.24, 2.45) is 0 Å². The topological polar surface area (TPSA) is 124 Å². The molecular formula is C26H30ClN5O6S3. The average molecular weight is 640 g/mol. The van der Waals surface area contributed by atoms with Gasteiger partial charge in [0.15, 0.2) is 15.0 Å². The second-order valence-corrected chi connectivity index (χ2v) is 15.2.